The molecule has 1 saturated carbocycles. The maximum atomic E-state index is 13.0. The third kappa shape index (κ3) is 2.52. The molecule has 0 radical (unpaired) electrons. The van der Waals surface area contributed by atoms with Crippen LogP contribution in [0.15, 0.2) is 23.1 Å². The van der Waals surface area contributed by atoms with Crippen molar-refractivity contribution in [1.82, 2.24) is 4.72 Å². The molecular formula is C13H19FN2O2S. The zero-order valence-electron chi connectivity index (χ0n) is 11.3. The van der Waals surface area contributed by atoms with Gasteiger partial charge in [-0.25, -0.2) is 17.5 Å². The van der Waals surface area contributed by atoms with Crippen LogP contribution in [0.1, 0.15) is 25.8 Å². The predicted molar refractivity (Wildman–Crippen MR) is 71.6 cm³/mol. The highest BCUT2D eigenvalue weighted by molar-refractivity contribution is 7.89. The maximum absolute atomic E-state index is 13.0. The lowest BCUT2D eigenvalue weighted by atomic mass is 9.64. The molecule has 3 N–H and O–H groups in total. The van der Waals surface area contributed by atoms with Crippen molar-refractivity contribution in [3.63, 3.8) is 0 Å². The smallest absolute Gasteiger partial charge is 0.241 e. The standard InChI is InChI=1S/C13H19FN2O2S/c1-8-6-9(14)4-5-10(8)19(17,18)16-12-7-11(15)13(12,2)3/h4-6,11-12,16H,7,15H2,1-3H3. The highest BCUT2D eigenvalue weighted by Crippen LogP contribution is 2.39. The Labute approximate surface area is 113 Å². The van der Waals surface area contributed by atoms with Crippen molar-refractivity contribution >= 4 is 10.0 Å². The number of sulfonamides is 1. The fourth-order valence-corrected chi connectivity index (χ4v) is 3.96. The molecule has 0 aliphatic heterocycles. The topological polar surface area (TPSA) is 72.2 Å². The number of halogens is 1. The maximum Gasteiger partial charge on any atom is 0.241 e. The fraction of sp³-hybridized carbons (Fsp3) is 0.538. The van der Waals surface area contributed by atoms with Gasteiger partial charge in [0, 0.05) is 12.1 Å². The van der Waals surface area contributed by atoms with Gasteiger partial charge < -0.3 is 5.73 Å². The number of hydrogen-bond acceptors (Lipinski definition) is 3. The second kappa shape index (κ2) is 4.54. The van der Waals surface area contributed by atoms with Crippen molar-refractivity contribution in [2.45, 2.75) is 44.2 Å². The van der Waals surface area contributed by atoms with Crippen LogP contribution in [0.4, 0.5) is 4.39 Å². The van der Waals surface area contributed by atoms with Gasteiger partial charge in [0.05, 0.1) is 4.90 Å². The Bertz CT molecular complexity index is 599. The number of rotatable bonds is 3. The van der Waals surface area contributed by atoms with E-state index in [4.69, 9.17) is 5.73 Å². The Hall–Kier alpha value is -0.980. The number of hydrogen-bond donors (Lipinski definition) is 2. The Morgan fingerprint density at radius 3 is 2.53 bits per heavy atom. The van der Waals surface area contributed by atoms with E-state index in [0.717, 1.165) is 6.07 Å². The lowest BCUT2D eigenvalue weighted by Crippen LogP contribution is -2.64. The van der Waals surface area contributed by atoms with Crippen molar-refractivity contribution in [2.24, 2.45) is 11.1 Å². The molecular weight excluding hydrogens is 267 g/mol. The van der Waals surface area contributed by atoms with Crippen LogP contribution in [0.2, 0.25) is 0 Å². The third-order valence-corrected chi connectivity index (χ3v) is 5.70. The minimum Gasteiger partial charge on any atom is -0.327 e. The van der Waals surface area contributed by atoms with Gasteiger partial charge in [0.25, 0.3) is 0 Å². The summed E-state index contributed by atoms with van der Waals surface area (Å²) < 4.78 is 40.3. The summed E-state index contributed by atoms with van der Waals surface area (Å²) in [6, 6.07) is 3.47. The SMILES string of the molecule is Cc1cc(F)ccc1S(=O)(=O)NC1CC(N)C1(C)C. The van der Waals surface area contributed by atoms with Gasteiger partial charge in [-0.05, 0) is 42.5 Å². The summed E-state index contributed by atoms with van der Waals surface area (Å²) >= 11 is 0. The second-order valence-electron chi connectivity index (χ2n) is 5.75. The van der Waals surface area contributed by atoms with E-state index in [1.807, 2.05) is 13.8 Å². The Morgan fingerprint density at radius 1 is 1.42 bits per heavy atom. The lowest BCUT2D eigenvalue weighted by Gasteiger charge is -2.50. The summed E-state index contributed by atoms with van der Waals surface area (Å²) in [4.78, 5) is 0.116. The predicted octanol–water partition coefficient (Wildman–Crippen LogP) is 1.54. The second-order valence-corrected chi connectivity index (χ2v) is 7.43. The van der Waals surface area contributed by atoms with Gasteiger partial charge in [0.2, 0.25) is 10.0 Å². The number of aryl methyl sites for hydroxylation is 1. The molecule has 0 heterocycles. The number of nitrogens with two attached hydrogens (primary N) is 1. The van der Waals surface area contributed by atoms with E-state index < -0.39 is 15.8 Å². The van der Waals surface area contributed by atoms with Gasteiger partial charge in [0.1, 0.15) is 5.82 Å². The van der Waals surface area contributed by atoms with Crippen LogP contribution in [-0.2, 0) is 10.0 Å². The molecule has 0 aromatic heterocycles. The average Bonchev–Trinajstić information content (AvgIpc) is 2.27. The summed E-state index contributed by atoms with van der Waals surface area (Å²) in [5.74, 6) is -0.442. The van der Waals surface area contributed by atoms with Crippen LogP contribution in [0.5, 0.6) is 0 Å². The van der Waals surface area contributed by atoms with E-state index in [2.05, 4.69) is 4.72 Å². The molecule has 0 bridgehead atoms. The Kier molecular flexibility index (Phi) is 3.45. The summed E-state index contributed by atoms with van der Waals surface area (Å²) in [6.07, 6.45) is 0.618. The molecule has 1 aromatic carbocycles. The van der Waals surface area contributed by atoms with Crippen molar-refractivity contribution in [2.75, 3.05) is 0 Å². The Morgan fingerprint density at radius 2 is 2.05 bits per heavy atom. The molecule has 1 fully saturated rings. The molecule has 0 saturated heterocycles. The minimum atomic E-state index is -3.63. The van der Waals surface area contributed by atoms with Crippen LogP contribution < -0.4 is 10.5 Å². The van der Waals surface area contributed by atoms with Gasteiger partial charge in [-0.15, -0.1) is 0 Å². The molecule has 106 valence electrons. The van der Waals surface area contributed by atoms with Gasteiger partial charge in [-0.3, -0.25) is 0 Å². The van der Waals surface area contributed by atoms with Crippen LogP contribution in [-0.4, -0.2) is 20.5 Å². The van der Waals surface area contributed by atoms with Crippen molar-refractivity contribution < 1.29 is 12.8 Å². The minimum absolute atomic E-state index is 0.00508. The van der Waals surface area contributed by atoms with E-state index in [1.54, 1.807) is 6.92 Å². The molecule has 0 spiro atoms. The van der Waals surface area contributed by atoms with Gasteiger partial charge in [0.15, 0.2) is 0 Å². The summed E-state index contributed by atoms with van der Waals surface area (Å²) in [5, 5.41) is 0. The van der Waals surface area contributed by atoms with E-state index in [9.17, 15) is 12.8 Å². The van der Waals surface area contributed by atoms with Crippen LogP contribution in [0.3, 0.4) is 0 Å². The van der Waals surface area contributed by atoms with Crippen LogP contribution in [0.25, 0.3) is 0 Å². The zero-order valence-corrected chi connectivity index (χ0v) is 12.1. The number of nitrogens with one attached hydrogen (secondary N) is 1. The third-order valence-electron chi connectivity index (χ3n) is 4.07. The van der Waals surface area contributed by atoms with Crippen molar-refractivity contribution in [3.8, 4) is 0 Å². The van der Waals surface area contributed by atoms with Crippen LogP contribution in [0, 0.1) is 18.2 Å². The molecule has 6 heteroatoms. The molecule has 2 rings (SSSR count). The molecule has 2 atom stereocenters. The highest BCUT2D eigenvalue weighted by atomic mass is 32.2. The fourth-order valence-electron chi connectivity index (χ4n) is 2.32. The first kappa shape index (κ1) is 14.4. The average molecular weight is 286 g/mol. The first-order valence-electron chi connectivity index (χ1n) is 6.18. The first-order valence-corrected chi connectivity index (χ1v) is 7.67. The normalized spacial score (nSPS) is 25.9. The summed E-state index contributed by atoms with van der Waals surface area (Å²) in [5.41, 5.74) is 6.00. The van der Waals surface area contributed by atoms with Gasteiger partial charge in [-0.1, -0.05) is 13.8 Å². The molecule has 4 nitrogen and oxygen atoms in total. The van der Waals surface area contributed by atoms with E-state index in [0.29, 0.717) is 12.0 Å². The van der Waals surface area contributed by atoms with E-state index >= 15 is 0 Å². The molecule has 0 amide bonds. The van der Waals surface area contributed by atoms with Crippen molar-refractivity contribution in [1.29, 1.82) is 0 Å². The summed E-state index contributed by atoms with van der Waals surface area (Å²) in [6.45, 7) is 5.45. The molecule has 2 unspecified atom stereocenters. The molecule has 1 aromatic rings. The number of benzene rings is 1. The molecule has 1 aliphatic rings. The first-order chi connectivity index (χ1) is 8.64. The van der Waals surface area contributed by atoms with Gasteiger partial charge in [-0.2, -0.15) is 0 Å². The monoisotopic (exact) mass is 286 g/mol. The summed E-state index contributed by atoms with van der Waals surface area (Å²) in [7, 11) is -3.63. The quantitative estimate of drug-likeness (QED) is 0.885. The van der Waals surface area contributed by atoms with Gasteiger partial charge >= 0.3 is 0 Å². The molecule has 19 heavy (non-hydrogen) atoms. The zero-order chi connectivity index (χ0) is 14.4. The largest absolute Gasteiger partial charge is 0.327 e. The highest BCUT2D eigenvalue weighted by Gasteiger charge is 2.47. The lowest BCUT2D eigenvalue weighted by molar-refractivity contribution is 0.0903. The van der Waals surface area contributed by atoms with Crippen molar-refractivity contribution in [3.05, 3.63) is 29.6 Å². The Balaban J connectivity index is 2.25. The molecule has 1 aliphatic carbocycles. The van der Waals surface area contributed by atoms with Crippen LogP contribution >= 0.6 is 0 Å². The van der Waals surface area contributed by atoms with E-state index in [-0.39, 0.29) is 22.4 Å². The van der Waals surface area contributed by atoms with E-state index in [1.165, 1.54) is 12.1 Å².